The second-order valence-electron chi connectivity index (χ2n) is 6.00. The molecule has 0 aliphatic rings. The van der Waals surface area contributed by atoms with Crippen molar-refractivity contribution in [2.75, 3.05) is 13.4 Å². The van der Waals surface area contributed by atoms with Crippen LogP contribution in [0.3, 0.4) is 0 Å². The van der Waals surface area contributed by atoms with Crippen molar-refractivity contribution in [3.63, 3.8) is 0 Å². The first kappa shape index (κ1) is 17.2. The minimum absolute atomic E-state index is 0.266. The highest BCUT2D eigenvalue weighted by molar-refractivity contribution is 7.90. The van der Waals surface area contributed by atoms with Gasteiger partial charge in [-0.3, -0.25) is 0 Å². The van der Waals surface area contributed by atoms with Gasteiger partial charge in [0.2, 0.25) is 15.0 Å². The van der Waals surface area contributed by atoms with Crippen LogP contribution < -0.4 is 4.74 Å². The highest BCUT2D eigenvalue weighted by Gasteiger charge is 2.21. The van der Waals surface area contributed by atoms with Crippen molar-refractivity contribution < 1.29 is 17.6 Å². The molecule has 9 heteroatoms. The van der Waals surface area contributed by atoms with E-state index in [1.165, 1.54) is 6.26 Å². The topological polar surface area (TPSA) is 100 Å². The molecule has 0 N–H and O–H groups in total. The van der Waals surface area contributed by atoms with Crippen molar-refractivity contribution in [1.29, 1.82) is 0 Å². The summed E-state index contributed by atoms with van der Waals surface area (Å²) in [6.45, 7) is 0.471. The third-order valence-electron chi connectivity index (χ3n) is 4.04. The van der Waals surface area contributed by atoms with Crippen LogP contribution in [-0.4, -0.2) is 41.3 Å². The van der Waals surface area contributed by atoms with Crippen LogP contribution in [0.4, 0.5) is 0 Å². The third kappa shape index (κ3) is 3.28. The second-order valence-corrected chi connectivity index (χ2v) is 7.91. The molecular formula is C18H16N4O4S. The molecule has 0 aliphatic heterocycles. The van der Waals surface area contributed by atoms with Crippen LogP contribution >= 0.6 is 0 Å². The van der Waals surface area contributed by atoms with Crippen molar-refractivity contribution in [2.45, 2.75) is 11.7 Å². The van der Waals surface area contributed by atoms with E-state index in [-0.39, 0.29) is 5.16 Å². The van der Waals surface area contributed by atoms with E-state index in [2.05, 4.69) is 15.0 Å². The molecule has 0 radical (unpaired) electrons. The van der Waals surface area contributed by atoms with Crippen molar-refractivity contribution in [2.24, 2.45) is 0 Å². The van der Waals surface area contributed by atoms with Gasteiger partial charge in [-0.2, -0.15) is 4.98 Å². The zero-order valence-corrected chi connectivity index (χ0v) is 15.5. The summed E-state index contributed by atoms with van der Waals surface area (Å²) in [6, 6.07) is 11.0. The molecule has 4 rings (SSSR count). The van der Waals surface area contributed by atoms with Crippen LogP contribution in [0.15, 0.2) is 58.6 Å². The number of benzene rings is 1. The lowest BCUT2D eigenvalue weighted by Crippen LogP contribution is -2.08. The van der Waals surface area contributed by atoms with Gasteiger partial charge < -0.3 is 13.7 Å². The van der Waals surface area contributed by atoms with Gasteiger partial charge in [0.25, 0.3) is 0 Å². The molecule has 1 aromatic carbocycles. The number of imidazole rings is 1. The summed E-state index contributed by atoms with van der Waals surface area (Å²) in [7, 11) is -2.00. The summed E-state index contributed by atoms with van der Waals surface area (Å²) in [4.78, 5) is 12.8. The standard InChI is InChI=1S/C18H16N4O4S/c1-25-13-7-5-12(6-8-13)10-22-11-19-16-15(14-4-3-9-26-14)20-18(21-17(16)22)27(2,23)24/h3-9,11H,10H2,1-2H3. The van der Waals surface area contributed by atoms with Gasteiger partial charge in [0.15, 0.2) is 11.4 Å². The molecule has 0 aliphatic carbocycles. The molecule has 3 aromatic heterocycles. The van der Waals surface area contributed by atoms with Crippen molar-refractivity contribution in [1.82, 2.24) is 19.5 Å². The molecule has 8 nitrogen and oxygen atoms in total. The molecule has 0 fully saturated rings. The monoisotopic (exact) mass is 384 g/mol. The van der Waals surface area contributed by atoms with Gasteiger partial charge >= 0.3 is 0 Å². The normalized spacial score (nSPS) is 11.8. The van der Waals surface area contributed by atoms with Crippen LogP contribution in [-0.2, 0) is 16.4 Å². The number of methoxy groups -OCH3 is 1. The fourth-order valence-electron chi connectivity index (χ4n) is 2.72. The zero-order valence-electron chi connectivity index (χ0n) is 14.7. The Hall–Kier alpha value is -3.20. The molecule has 3 heterocycles. The number of hydrogen-bond donors (Lipinski definition) is 0. The average molecular weight is 384 g/mol. The Balaban J connectivity index is 1.86. The minimum Gasteiger partial charge on any atom is -0.497 e. The lowest BCUT2D eigenvalue weighted by atomic mass is 10.2. The van der Waals surface area contributed by atoms with Crippen molar-refractivity contribution in [3.05, 3.63) is 54.6 Å². The zero-order chi connectivity index (χ0) is 19.0. The Morgan fingerprint density at radius 1 is 1.15 bits per heavy atom. The smallest absolute Gasteiger partial charge is 0.249 e. The predicted molar refractivity (Wildman–Crippen MR) is 98.2 cm³/mol. The molecular weight excluding hydrogens is 368 g/mol. The van der Waals surface area contributed by atoms with Crippen LogP contribution in [0, 0.1) is 0 Å². The fraction of sp³-hybridized carbons (Fsp3) is 0.167. The Labute approximate surface area is 155 Å². The van der Waals surface area contributed by atoms with Crippen molar-refractivity contribution in [3.8, 4) is 17.2 Å². The Morgan fingerprint density at radius 2 is 1.93 bits per heavy atom. The first-order valence-corrected chi connectivity index (χ1v) is 9.94. The lowest BCUT2D eigenvalue weighted by molar-refractivity contribution is 0.414. The summed E-state index contributed by atoms with van der Waals surface area (Å²) >= 11 is 0. The maximum Gasteiger partial charge on any atom is 0.249 e. The molecule has 138 valence electrons. The Bertz CT molecular complexity index is 1200. The number of hydrogen-bond acceptors (Lipinski definition) is 7. The summed E-state index contributed by atoms with van der Waals surface area (Å²) < 4.78 is 36.5. The Morgan fingerprint density at radius 3 is 2.56 bits per heavy atom. The molecule has 0 unspecified atom stereocenters. The van der Waals surface area contributed by atoms with Gasteiger partial charge in [0, 0.05) is 6.26 Å². The van der Waals surface area contributed by atoms with Gasteiger partial charge in [-0.15, -0.1) is 0 Å². The van der Waals surface area contributed by atoms with E-state index >= 15 is 0 Å². The van der Waals surface area contributed by atoms with Gasteiger partial charge in [0.05, 0.1) is 26.2 Å². The van der Waals surface area contributed by atoms with E-state index in [0.29, 0.717) is 29.2 Å². The first-order chi connectivity index (χ1) is 13.0. The SMILES string of the molecule is COc1ccc(Cn2cnc3c(-c4ccco4)nc(S(C)(=O)=O)nc32)cc1. The maximum absolute atomic E-state index is 12.1. The number of sulfone groups is 1. The average Bonchev–Trinajstić information content (AvgIpc) is 3.31. The number of fused-ring (bicyclic) bond motifs is 1. The molecule has 27 heavy (non-hydrogen) atoms. The largest absolute Gasteiger partial charge is 0.497 e. The summed E-state index contributed by atoms with van der Waals surface area (Å²) in [5, 5.41) is -0.266. The van der Waals surface area contributed by atoms with E-state index in [0.717, 1.165) is 17.6 Å². The maximum atomic E-state index is 12.1. The lowest BCUT2D eigenvalue weighted by Gasteiger charge is -2.07. The van der Waals surface area contributed by atoms with E-state index in [1.807, 2.05) is 24.3 Å². The molecule has 0 saturated carbocycles. The predicted octanol–water partition coefficient (Wildman–Crippen LogP) is 2.55. The Kier molecular flexibility index (Phi) is 4.15. The molecule has 0 saturated heterocycles. The number of rotatable bonds is 5. The van der Waals surface area contributed by atoms with Crippen LogP contribution in [0.2, 0.25) is 0 Å². The second kappa shape index (κ2) is 6.51. The van der Waals surface area contributed by atoms with Crippen molar-refractivity contribution >= 4 is 21.0 Å². The molecule has 0 atom stereocenters. The highest BCUT2D eigenvalue weighted by Crippen LogP contribution is 2.27. The highest BCUT2D eigenvalue weighted by atomic mass is 32.2. The molecule has 0 amide bonds. The van der Waals surface area contributed by atoms with Gasteiger partial charge in [0.1, 0.15) is 17.0 Å². The van der Waals surface area contributed by atoms with E-state index in [4.69, 9.17) is 9.15 Å². The molecule has 4 aromatic rings. The number of aromatic nitrogens is 4. The quantitative estimate of drug-likeness (QED) is 0.487. The minimum atomic E-state index is -3.61. The summed E-state index contributed by atoms with van der Waals surface area (Å²) in [5.41, 5.74) is 2.24. The van der Waals surface area contributed by atoms with Crippen LogP contribution in [0.1, 0.15) is 5.56 Å². The fourth-order valence-corrected chi connectivity index (χ4v) is 3.23. The van der Waals surface area contributed by atoms with E-state index in [9.17, 15) is 8.42 Å². The third-order valence-corrected chi connectivity index (χ3v) is 4.89. The van der Waals surface area contributed by atoms with Crippen LogP contribution in [0.25, 0.3) is 22.6 Å². The number of ether oxygens (including phenoxy) is 1. The van der Waals surface area contributed by atoms with Gasteiger partial charge in [-0.1, -0.05) is 12.1 Å². The molecule has 0 spiro atoms. The first-order valence-electron chi connectivity index (χ1n) is 8.05. The summed E-state index contributed by atoms with van der Waals surface area (Å²) in [5.74, 6) is 1.19. The van der Waals surface area contributed by atoms with Gasteiger partial charge in [-0.05, 0) is 29.8 Å². The van der Waals surface area contributed by atoms with E-state index in [1.54, 1.807) is 30.1 Å². The molecule has 0 bridgehead atoms. The van der Waals surface area contributed by atoms with Crippen LogP contribution in [0.5, 0.6) is 5.75 Å². The number of nitrogens with zero attached hydrogens (tertiary/aromatic N) is 4. The van der Waals surface area contributed by atoms with E-state index < -0.39 is 9.84 Å². The summed E-state index contributed by atoms with van der Waals surface area (Å²) in [6.07, 6.45) is 4.18. The van der Waals surface area contributed by atoms with Gasteiger partial charge in [-0.25, -0.2) is 18.4 Å². The number of furan rings is 1.